The summed E-state index contributed by atoms with van der Waals surface area (Å²) in [5.74, 6) is 0.846. The van der Waals surface area contributed by atoms with E-state index >= 15 is 0 Å². The van der Waals surface area contributed by atoms with E-state index in [4.69, 9.17) is 5.73 Å². The molecule has 0 radical (unpaired) electrons. The van der Waals surface area contributed by atoms with Gasteiger partial charge in [0.2, 0.25) is 17.0 Å². The summed E-state index contributed by atoms with van der Waals surface area (Å²) < 4.78 is 0. The van der Waals surface area contributed by atoms with Crippen LogP contribution in [0.4, 0.5) is 5.95 Å². The number of aromatic nitrogens is 3. The average Bonchev–Trinajstić information content (AvgIpc) is 3.24. The van der Waals surface area contributed by atoms with E-state index in [0.717, 1.165) is 17.7 Å². The topological polar surface area (TPSA) is 108 Å². The number of likely N-dealkylation sites (tertiary alicyclic amines) is 1. The Hall–Kier alpha value is -1.58. The zero-order valence-electron chi connectivity index (χ0n) is 12.5. The second-order valence-corrected chi connectivity index (χ2v) is 7.39. The number of thiophene rings is 1. The van der Waals surface area contributed by atoms with Crippen LogP contribution < -0.4 is 5.73 Å². The molecule has 0 aromatic carbocycles. The molecule has 1 aliphatic rings. The van der Waals surface area contributed by atoms with E-state index in [1.54, 1.807) is 11.3 Å². The van der Waals surface area contributed by atoms with Crippen LogP contribution in [-0.4, -0.2) is 49.9 Å². The summed E-state index contributed by atoms with van der Waals surface area (Å²) in [5.41, 5.74) is 5.45. The Morgan fingerprint density at radius 2 is 2.35 bits per heavy atom. The van der Waals surface area contributed by atoms with Gasteiger partial charge in [-0.3, -0.25) is 4.79 Å². The van der Waals surface area contributed by atoms with Gasteiger partial charge in [0.15, 0.2) is 0 Å². The zero-order valence-corrected chi connectivity index (χ0v) is 14.1. The van der Waals surface area contributed by atoms with Gasteiger partial charge in [0.25, 0.3) is 0 Å². The molecule has 0 aliphatic carbocycles. The fourth-order valence-electron chi connectivity index (χ4n) is 2.70. The number of piperidine rings is 1. The number of carbonyl (C=O) groups is 1. The summed E-state index contributed by atoms with van der Waals surface area (Å²) in [5, 5.41) is 19.3. The van der Waals surface area contributed by atoms with E-state index in [9.17, 15) is 9.90 Å². The molecule has 0 saturated carbocycles. The van der Waals surface area contributed by atoms with Crippen LogP contribution in [-0.2, 0) is 4.79 Å². The number of nitrogens with two attached hydrogens (primary N) is 1. The van der Waals surface area contributed by atoms with Gasteiger partial charge < -0.3 is 15.7 Å². The Balaban J connectivity index is 1.45. The highest BCUT2D eigenvalue weighted by molar-refractivity contribution is 7.99. The molecule has 1 unspecified atom stereocenters. The molecule has 2 aromatic heterocycles. The SMILES string of the molecule is Nc1nc(SCC(=O)N2CCC(C(O)c3cccs3)CC2)n[nH]1. The second-order valence-electron chi connectivity index (χ2n) is 5.47. The number of carbonyl (C=O) groups excluding carboxylic acids is 1. The van der Waals surface area contributed by atoms with Crippen LogP contribution >= 0.6 is 23.1 Å². The van der Waals surface area contributed by atoms with Crippen molar-refractivity contribution < 1.29 is 9.90 Å². The Labute approximate surface area is 142 Å². The zero-order chi connectivity index (χ0) is 16.2. The molecule has 1 fully saturated rings. The number of aliphatic hydroxyl groups excluding tert-OH is 1. The summed E-state index contributed by atoms with van der Waals surface area (Å²) >= 11 is 2.85. The maximum absolute atomic E-state index is 12.2. The molecule has 7 nitrogen and oxygen atoms in total. The number of aliphatic hydroxyl groups is 1. The standard InChI is InChI=1S/C14H19N5O2S2/c15-13-16-14(18-17-13)23-8-11(20)19-5-3-9(4-6-19)12(21)10-2-1-7-22-10/h1-2,7,9,12,21H,3-6,8H2,(H3,15,16,17,18). The van der Waals surface area contributed by atoms with Gasteiger partial charge in [0.1, 0.15) is 0 Å². The van der Waals surface area contributed by atoms with Gasteiger partial charge in [-0.15, -0.1) is 16.4 Å². The third-order valence-electron chi connectivity index (χ3n) is 3.98. The molecule has 1 saturated heterocycles. The van der Waals surface area contributed by atoms with Gasteiger partial charge in [-0.1, -0.05) is 17.8 Å². The van der Waals surface area contributed by atoms with Gasteiger partial charge in [-0.2, -0.15) is 4.98 Å². The van der Waals surface area contributed by atoms with Gasteiger partial charge in [0.05, 0.1) is 11.9 Å². The van der Waals surface area contributed by atoms with Crippen molar-refractivity contribution in [3.8, 4) is 0 Å². The minimum absolute atomic E-state index is 0.0717. The predicted molar refractivity (Wildman–Crippen MR) is 90.1 cm³/mol. The molecule has 124 valence electrons. The molecule has 0 spiro atoms. The van der Waals surface area contributed by atoms with Gasteiger partial charge >= 0.3 is 0 Å². The summed E-state index contributed by atoms with van der Waals surface area (Å²) in [6.07, 6.45) is 1.23. The lowest BCUT2D eigenvalue weighted by molar-refractivity contribution is -0.130. The number of nitrogen functional groups attached to an aromatic ring is 1. The lowest BCUT2D eigenvalue weighted by atomic mass is 9.90. The molecule has 4 N–H and O–H groups in total. The highest BCUT2D eigenvalue weighted by Gasteiger charge is 2.28. The summed E-state index contributed by atoms with van der Waals surface area (Å²) in [6, 6.07) is 3.92. The number of hydrogen-bond donors (Lipinski definition) is 3. The van der Waals surface area contributed by atoms with Gasteiger partial charge in [-0.05, 0) is 30.2 Å². The summed E-state index contributed by atoms with van der Waals surface area (Å²) in [6.45, 7) is 1.37. The lowest BCUT2D eigenvalue weighted by Gasteiger charge is -2.34. The smallest absolute Gasteiger partial charge is 0.233 e. The molecule has 1 amide bonds. The number of rotatable bonds is 5. The molecule has 2 aromatic rings. The first-order chi connectivity index (χ1) is 11.1. The molecular weight excluding hydrogens is 334 g/mol. The fourth-order valence-corrected chi connectivity index (χ4v) is 4.21. The Kier molecular flexibility index (Phi) is 5.19. The quantitative estimate of drug-likeness (QED) is 0.703. The number of nitrogens with one attached hydrogen (secondary N) is 1. The van der Waals surface area contributed by atoms with Crippen molar-refractivity contribution in [2.45, 2.75) is 24.1 Å². The monoisotopic (exact) mass is 353 g/mol. The number of hydrogen-bond acceptors (Lipinski definition) is 7. The largest absolute Gasteiger partial charge is 0.387 e. The van der Waals surface area contributed by atoms with Crippen LogP contribution in [0.3, 0.4) is 0 Å². The van der Waals surface area contributed by atoms with Crippen molar-refractivity contribution in [3.63, 3.8) is 0 Å². The van der Waals surface area contributed by atoms with Crippen molar-refractivity contribution in [2.24, 2.45) is 5.92 Å². The normalized spacial score (nSPS) is 17.3. The molecule has 3 rings (SSSR count). The van der Waals surface area contributed by atoms with E-state index in [0.29, 0.717) is 24.0 Å². The van der Waals surface area contributed by atoms with Crippen LogP contribution in [0.1, 0.15) is 23.8 Å². The summed E-state index contributed by atoms with van der Waals surface area (Å²) in [4.78, 5) is 19.0. The van der Waals surface area contributed by atoms with Crippen molar-refractivity contribution in [1.82, 2.24) is 20.1 Å². The van der Waals surface area contributed by atoms with Crippen molar-refractivity contribution >= 4 is 35.0 Å². The van der Waals surface area contributed by atoms with Crippen molar-refractivity contribution in [3.05, 3.63) is 22.4 Å². The Bertz CT molecular complexity index is 637. The number of aromatic amines is 1. The minimum atomic E-state index is -0.419. The maximum atomic E-state index is 12.2. The van der Waals surface area contributed by atoms with Crippen LogP contribution in [0.5, 0.6) is 0 Å². The Morgan fingerprint density at radius 1 is 1.57 bits per heavy atom. The van der Waals surface area contributed by atoms with Gasteiger partial charge in [-0.25, -0.2) is 5.10 Å². The van der Waals surface area contributed by atoms with Crippen LogP contribution in [0.25, 0.3) is 0 Å². The highest BCUT2D eigenvalue weighted by atomic mass is 32.2. The predicted octanol–water partition coefficient (Wildman–Crippen LogP) is 1.51. The van der Waals surface area contributed by atoms with E-state index in [2.05, 4.69) is 15.2 Å². The summed E-state index contributed by atoms with van der Waals surface area (Å²) in [7, 11) is 0. The maximum Gasteiger partial charge on any atom is 0.233 e. The molecular formula is C14H19N5O2S2. The fraction of sp³-hybridized carbons (Fsp3) is 0.500. The van der Waals surface area contributed by atoms with Crippen LogP contribution in [0.2, 0.25) is 0 Å². The first kappa shape index (κ1) is 16.3. The third kappa shape index (κ3) is 4.04. The van der Waals surface area contributed by atoms with Crippen LogP contribution in [0.15, 0.2) is 22.7 Å². The molecule has 0 bridgehead atoms. The Morgan fingerprint density at radius 3 is 2.96 bits per heavy atom. The first-order valence-corrected chi connectivity index (χ1v) is 9.30. The first-order valence-electron chi connectivity index (χ1n) is 7.43. The number of H-pyrrole nitrogens is 1. The number of amides is 1. The number of nitrogens with zero attached hydrogens (tertiary/aromatic N) is 3. The highest BCUT2D eigenvalue weighted by Crippen LogP contribution is 2.33. The van der Waals surface area contributed by atoms with Crippen molar-refractivity contribution in [2.75, 3.05) is 24.6 Å². The van der Waals surface area contributed by atoms with E-state index < -0.39 is 6.10 Å². The van der Waals surface area contributed by atoms with Crippen LogP contribution in [0, 0.1) is 5.92 Å². The van der Waals surface area contributed by atoms with E-state index in [-0.39, 0.29) is 17.8 Å². The number of anilines is 1. The van der Waals surface area contributed by atoms with Crippen molar-refractivity contribution in [1.29, 1.82) is 0 Å². The lowest BCUT2D eigenvalue weighted by Crippen LogP contribution is -2.40. The van der Waals surface area contributed by atoms with Gasteiger partial charge in [0, 0.05) is 18.0 Å². The third-order valence-corrected chi connectivity index (χ3v) is 5.76. The molecule has 3 heterocycles. The molecule has 9 heteroatoms. The minimum Gasteiger partial charge on any atom is -0.387 e. The van der Waals surface area contributed by atoms with E-state index in [1.165, 1.54) is 11.8 Å². The van der Waals surface area contributed by atoms with E-state index in [1.807, 2.05) is 22.4 Å². The molecule has 23 heavy (non-hydrogen) atoms. The average molecular weight is 353 g/mol. The second kappa shape index (κ2) is 7.33. The number of thioether (sulfide) groups is 1. The molecule has 1 atom stereocenters. The molecule has 1 aliphatic heterocycles.